The minimum absolute atomic E-state index is 0.0420. The van der Waals surface area contributed by atoms with Crippen molar-refractivity contribution >= 4 is 28.2 Å². The summed E-state index contributed by atoms with van der Waals surface area (Å²) in [5.74, 6) is 0.0177. The number of methoxy groups -OCH3 is 1. The lowest BCUT2D eigenvalue weighted by molar-refractivity contribution is -0.122. The zero-order chi connectivity index (χ0) is 23.9. The first-order valence-corrected chi connectivity index (χ1v) is 10.8. The molecule has 0 saturated heterocycles. The van der Waals surface area contributed by atoms with E-state index in [1.807, 2.05) is 44.2 Å². The molecular formula is C22H23N3O6S. The number of primary sulfonamides is 1. The number of anilines is 1. The summed E-state index contributed by atoms with van der Waals surface area (Å²) >= 11 is 0. The van der Waals surface area contributed by atoms with Gasteiger partial charge in [0.05, 0.1) is 17.6 Å². The van der Waals surface area contributed by atoms with Gasteiger partial charge in [0, 0.05) is 5.69 Å². The second-order valence-electron chi connectivity index (χ2n) is 6.60. The lowest BCUT2D eigenvalue weighted by Crippen LogP contribution is -2.17. The van der Waals surface area contributed by atoms with Gasteiger partial charge in [-0.05, 0) is 54.8 Å². The van der Waals surface area contributed by atoms with Gasteiger partial charge in [-0.3, -0.25) is 9.59 Å². The first-order chi connectivity index (χ1) is 15.1. The van der Waals surface area contributed by atoms with Crippen molar-refractivity contribution in [1.29, 1.82) is 0 Å². The highest BCUT2D eigenvalue weighted by Gasteiger charge is 2.19. The largest absolute Gasteiger partial charge is 0.496 e. The van der Waals surface area contributed by atoms with Crippen molar-refractivity contribution in [2.45, 2.75) is 18.7 Å². The Labute approximate surface area is 185 Å². The van der Waals surface area contributed by atoms with E-state index in [1.54, 1.807) is 6.07 Å². The van der Waals surface area contributed by atoms with Crippen LogP contribution in [0, 0.1) is 13.8 Å². The number of aryl methyl sites for hydroxylation is 1. The summed E-state index contributed by atoms with van der Waals surface area (Å²) in [7, 11) is -2.57. The van der Waals surface area contributed by atoms with Crippen LogP contribution in [0.1, 0.15) is 21.6 Å². The van der Waals surface area contributed by atoms with E-state index in [0.717, 1.165) is 22.4 Å². The molecule has 0 spiro atoms. The van der Waals surface area contributed by atoms with Gasteiger partial charge in [-0.2, -0.15) is 0 Å². The van der Waals surface area contributed by atoms with E-state index in [0.29, 0.717) is 5.82 Å². The Morgan fingerprint density at radius 2 is 1.75 bits per heavy atom. The monoisotopic (exact) mass is 457 g/mol. The van der Waals surface area contributed by atoms with Gasteiger partial charge in [0.15, 0.2) is 0 Å². The molecule has 1 aromatic heterocycles. The maximum atomic E-state index is 12.9. The Balaban J connectivity index is 0.00000114. The summed E-state index contributed by atoms with van der Waals surface area (Å²) in [6.07, 6.45) is 0. The molecule has 1 amide bonds. The van der Waals surface area contributed by atoms with Crippen LogP contribution in [0.25, 0.3) is 11.1 Å². The molecular weight excluding hydrogens is 434 g/mol. The summed E-state index contributed by atoms with van der Waals surface area (Å²) in [4.78, 5) is 25.5. The molecule has 10 heteroatoms. The molecule has 9 nitrogen and oxygen atoms in total. The fraction of sp³-hybridized carbons (Fsp3) is 0.136. The number of benzene rings is 2. The van der Waals surface area contributed by atoms with Crippen molar-refractivity contribution in [3.05, 3.63) is 71.4 Å². The molecule has 0 saturated carbocycles. The highest BCUT2D eigenvalue weighted by Crippen LogP contribution is 2.28. The zero-order valence-corrected chi connectivity index (χ0v) is 18.5. The van der Waals surface area contributed by atoms with E-state index < -0.39 is 15.9 Å². The topological polar surface area (TPSA) is 149 Å². The molecule has 0 aliphatic carbocycles. The van der Waals surface area contributed by atoms with Gasteiger partial charge in [-0.15, -0.1) is 0 Å². The third-order valence-electron chi connectivity index (χ3n) is 4.59. The molecule has 2 aromatic carbocycles. The first-order valence-electron chi connectivity index (χ1n) is 9.26. The first kappa shape index (κ1) is 24.5. The number of carbonyl (C=O) groups excluding carboxylic acids is 1. The van der Waals surface area contributed by atoms with Crippen LogP contribution < -0.4 is 15.2 Å². The number of carbonyl (C=O) groups is 2. The third-order valence-corrected chi connectivity index (χ3v) is 5.50. The quantitative estimate of drug-likeness (QED) is 0.499. The summed E-state index contributed by atoms with van der Waals surface area (Å²) in [6, 6.07) is 15.4. The SMILES string of the molecule is COc1ccc(S(N)(=O)=O)cc1C(=O)Nc1cc(-c2ccccc2)c(C)c(C)n1.O=CO. The average molecular weight is 458 g/mol. The molecule has 4 N–H and O–H groups in total. The van der Waals surface area contributed by atoms with Gasteiger partial charge in [0.1, 0.15) is 11.6 Å². The normalized spacial score (nSPS) is 10.5. The molecule has 0 atom stereocenters. The molecule has 0 bridgehead atoms. The van der Waals surface area contributed by atoms with Crippen LogP contribution in [-0.2, 0) is 14.8 Å². The molecule has 3 aromatic rings. The van der Waals surface area contributed by atoms with Gasteiger partial charge >= 0.3 is 0 Å². The second kappa shape index (κ2) is 10.5. The molecule has 3 rings (SSSR count). The fourth-order valence-electron chi connectivity index (χ4n) is 2.94. The lowest BCUT2D eigenvalue weighted by atomic mass is 10.00. The number of amides is 1. The van der Waals surface area contributed by atoms with E-state index in [9.17, 15) is 13.2 Å². The molecule has 168 valence electrons. The van der Waals surface area contributed by atoms with Crippen LogP contribution in [0.4, 0.5) is 5.82 Å². The van der Waals surface area contributed by atoms with Crippen molar-refractivity contribution in [1.82, 2.24) is 4.98 Å². The number of hydrogen-bond acceptors (Lipinski definition) is 6. The maximum absolute atomic E-state index is 12.9. The lowest BCUT2D eigenvalue weighted by Gasteiger charge is -2.14. The van der Waals surface area contributed by atoms with Crippen LogP contribution in [0.2, 0.25) is 0 Å². The Kier molecular flexibility index (Phi) is 8.05. The predicted octanol–water partition coefficient (Wildman–Crippen LogP) is 2.97. The van der Waals surface area contributed by atoms with E-state index in [4.69, 9.17) is 19.8 Å². The van der Waals surface area contributed by atoms with Gasteiger partial charge in [-0.25, -0.2) is 18.5 Å². The minimum Gasteiger partial charge on any atom is -0.496 e. The minimum atomic E-state index is -3.96. The van der Waals surface area contributed by atoms with E-state index in [1.165, 1.54) is 25.3 Å². The number of hydrogen-bond donors (Lipinski definition) is 3. The summed E-state index contributed by atoms with van der Waals surface area (Å²) in [5.41, 5.74) is 3.76. The number of pyridine rings is 1. The summed E-state index contributed by atoms with van der Waals surface area (Å²) in [5, 5.41) is 14.8. The van der Waals surface area contributed by atoms with Crippen molar-refractivity contribution in [3.63, 3.8) is 0 Å². The smallest absolute Gasteiger partial charge is 0.290 e. The van der Waals surface area contributed by atoms with Crippen molar-refractivity contribution < 1.29 is 27.9 Å². The highest BCUT2D eigenvalue weighted by molar-refractivity contribution is 7.89. The van der Waals surface area contributed by atoms with Crippen molar-refractivity contribution in [3.8, 4) is 16.9 Å². The maximum Gasteiger partial charge on any atom is 0.290 e. The van der Waals surface area contributed by atoms with Crippen molar-refractivity contribution in [2.24, 2.45) is 5.14 Å². The number of aromatic nitrogens is 1. The number of rotatable bonds is 5. The number of sulfonamides is 1. The van der Waals surface area contributed by atoms with Crippen LogP contribution in [0.5, 0.6) is 5.75 Å². The zero-order valence-electron chi connectivity index (χ0n) is 17.7. The number of carboxylic acid groups (broad SMARTS) is 1. The Hall–Kier alpha value is -3.76. The molecule has 0 aliphatic rings. The van der Waals surface area contributed by atoms with Crippen molar-refractivity contribution in [2.75, 3.05) is 12.4 Å². The summed E-state index contributed by atoms with van der Waals surface area (Å²) < 4.78 is 28.5. The van der Waals surface area contributed by atoms with Crippen LogP contribution in [0.3, 0.4) is 0 Å². The van der Waals surface area contributed by atoms with Gasteiger partial charge in [0.2, 0.25) is 10.0 Å². The molecule has 0 aliphatic heterocycles. The molecule has 0 unspecified atom stereocenters. The standard InChI is InChI=1S/C21H21N3O4S.CH2O2/c1-13-14(2)23-20(12-17(13)15-7-5-4-6-8-15)24-21(25)18-11-16(29(22,26)27)9-10-19(18)28-3;2-1-3/h4-12H,1-3H3,(H2,22,26,27)(H,23,24,25);1H,(H,2,3). The van der Waals surface area contributed by atoms with E-state index in [2.05, 4.69) is 10.3 Å². The Morgan fingerprint density at radius 1 is 1.12 bits per heavy atom. The van der Waals surface area contributed by atoms with E-state index >= 15 is 0 Å². The van der Waals surface area contributed by atoms with Gasteiger partial charge in [0.25, 0.3) is 12.4 Å². The van der Waals surface area contributed by atoms with Gasteiger partial charge < -0.3 is 15.2 Å². The van der Waals surface area contributed by atoms with Crippen LogP contribution >= 0.6 is 0 Å². The van der Waals surface area contributed by atoms with Gasteiger partial charge in [-0.1, -0.05) is 30.3 Å². The van der Waals surface area contributed by atoms with Crippen LogP contribution in [0.15, 0.2) is 59.5 Å². The molecule has 0 fully saturated rings. The van der Waals surface area contributed by atoms with E-state index in [-0.39, 0.29) is 22.7 Å². The second-order valence-corrected chi connectivity index (χ2v) is 8.16. The number of ether oxygens (including phenoxy) is 1. The summed E-state index contributed by atoms with van der Waals surface area (Å²) in [6.45, 7) is 3.58. The number of nitrogens with one attached hydrogen (secondary N) is 1. The highest BCUT2D eigenvalue weighted by atomic mass is 32.2. The third kappa shape index (κ3) is 5.90. The predicted molar refractivity (Wildman–Crippen MR) is 120 cm³/mol. The molecule has 0 radical (unpaired) electrons. The molecule has 1 heterocycles. The fourth-order valence-corrected chi connectivity index (χ4v) is 3.48. The number of nitrogens with zero attached hydrogens (tertiary/aromatic N) is 1. The number of nitrogens with two attached hydrogens (primary N) is 1. The Bertz CT molecular complexity index is 1230. The van der Waals surface area contributed by atoms with Crippen LogP contribution in [-0.4, -0.2) is 38.0 Å². The Morgan fingerprint density at radius 3 is 2.31 bits per heavy atom. The molecule has 32 heavy (non-hydrogen) atoms. The average Bonchev–Trinajstić information content (AvgIpc) is 2.76.